The van der Waals surface area contributed by atoms with Crippen LogP contribution in [0.25, 0.3) is 0 Å². The van der Waals surface area contributed by atoms with Crippen LogP contribution in [-0.2, 0) is 11.3 Å². The quantitative estimate of drug-likeness (QED) is 0.638. The van der Waals surface area contributed by atoms with Crippen molar-refractivity contribution in [1.82, 2.24) is 15.1 Å². The van der Waals surface area contributed by atoms with Crippen molar-refractivity contribution >= 4 is 12.1 Å². The third kappa shape index (κ3) is 5.84. The van der Waals surface area contributed by atoms with Crippen molar-refractivity contribution in [2.24, 2.45) is 0 Å². The molecule has 2 aliphatic heterocycles. The lowest BCUT2D eigenvalue weighted by Gasteiger charge is -2.35. The second-order valence-corrected chi connectivity index (χ2v) is 8.37. The number of carbonyl (C=O) groups excluding carboxylic acids is 2. The summed E-state index contributed by atoms with van der Waals surface area (Å²) in [6.45, 7) is 2.42. The van der Waals surface area contributed by atoms with Crippen molar-refractivity contribution in [2.75, 3.05) is 40.5 Å². The van der Waals surface area contributed by atoms with Gasteiger partial charge in [-0.25, -0.2) is 9.59 Å². The van der Waals surface area contributed by atoms with E-state index in [0.717, 1.165) is 29.9 Å². The minimum atomic E-state index is -0.319. The van der Waals surface area contributed by atoms with E-state index in [1.54, 1.807) is 24.0 Å². The Morgan fingerprint density at radius 3 is 2.18 bits per heavy atom. The molecule has 2 heterocycles. The van der Waals surface area contributed by atoms with E-state index in [4.69, 9.17) is 18.9 Å². The maximum Gasteiger partial charge on any atom is 0.410 e. The number of hydrogen-bond acceptors (Lipinski definition) is 6. The molecule has 4 rings (SSSR count). The van der Waals surface area contributed by atoms with Crippen molar-refractivity contribution in [2.45, 2.75) is 31.5 Å². The van der Waals surface area contributed by atoms with E-state index in [1.807, 2.05) is 48.5 Å². The number of methoxy groups -OCH3 is 2. The topological polar surface area (TPSA) is 89.6 Å². The van der Waals surface area contributed by atoms with Crippen LogP contribution in [0.3, 0.4) is 0 Å². The average molecular weight is 470 g/mol. The summed E-state index contributed by atoms with van der Waals surface area (Å²) in [5, 5.41) is 2.96. The first-order chi connectivity index (χ1) is 16.6. The molecular weight excluding hydrogens is 438 g/mol. The van der Waals surface area contributed by atoms with Gasteiger partial charge in [-0.1, -0.05) is 12.1 Å². The summed E-state index contributed by atoms with van der Waals surface area (Å²) in [7, 11) is 3.24. The predicted molar refractivity (Wildman–Crippen MR) is 125 cm³/mol. The van der Waals surface area contributed by atoms with Crippen LogP contribution in [0.1, 0.15) is 18.4 Å². The Morgan fingerprint density at radius 2 is 1.56 bits per heavy atom. The lowest BCUT2D eigenvalue weighted by molar-refractivity contribution is 0.0988. The Kier molecular flexibility index (Phi) is 7.61. The van der Waals surface area contributed by atoms with E-state index in [1.165, 1.54) is 0 Å². The first-order valence-electron chi connectivity index (χ1n) is 11.5. The monoisotopic (exact) mass is 469 g/mol. The number of urea groups is 1. The molecule has 0 spiro atoms. The molecular formula is C25H31N3O6. The number of amides is 3. The Bertz CT molecular complexity index is 958. The molecule has 2 saturated heterocycles. The largest absolute Gasteiger partial charge is 0.497 e. The number of rotatable bonds is 8. The molecule has 2 aliphatic rings. The molecule has 1 atom stereocenters. The summed E-state index contributed by atoms with van der Waals surface area (Å²) in [5.74, 6) is 2.24. The van der Waals surface area contributed by atoms with Gasteiger partial charge < -0.3 is 34.1 Å². The molecule has 1 N–H and O–H groups in total. The lowest BCUT2D eigenvalue weighted by Crippen LogP contribution is -2.49. The van der Waals surface area contributed by atoms with Gasteiger partial charge in [0.15, 0.2) is 6.10 Å². The van der Waals surface area contributed by atoms with Crippen LogP contribution in [0.2, 0.25) is 0 Å². The molecule has 2 aromatic carbocycles. The second-order valence-electron chi connectivity index (χ2n) is 8.37. The molecule has 2 aromatic rings. The SMILES string of the molecule is COc1ccc(CNC(=O)N2CCC(N3CC(COc4ccc(OC)cc4)OC3=O)CC2)cc1. The van der Waals surface area contributed by atoms with Crippen molar-refractivity contribution in [3.05, 3.63) is 54.1 Å². The molecule has 0 aliphatic carbocycles. The first-order valence-corrected chi connectivity index (χ1v) is 11.5. The number of hydrogen-bond donors (Lipinski definition) is 1. The zero-order valence-corrected chi connectivity index (χ0v) is 19.6. The lowest BCUT2D eigenvalue weighted by atomic mass is 10.0. The zero-order chi connectivity index (χ0) is 23.9. The van der Waals surface area contributed by atoms with Crippen LogP contribution in [-0.4, -0.2) is 74.5 Å². The van der Waals surface area contributed by atoms with Gasteiger partial charge in [-0.2, -0.15) is 0 Å². The van der Waals surface area contributed by atoms with Crippen molar-refractivity contribution < 1.29 is 28.5 Å². The highest BCUT2D eigenvalue weighted by Crippen LogP contribution is 2.24. The standard InChI is InChI=1S/C25H31N3O6/c1-31-20-5-3-18(4-6-20)15-26-24(29)27-13-11-19(12-14-27)28-16-23(34-25(28)30)17-33-22-9-7-21(32-2)8-10-22/h3-10,19,23H,11-17H2,1-2H3,(H,26,29). The van der Waals surface area contributed by atoms with E-state index >= 15 is 0 Å². The number of nitrogens with one attached hydrogen (secondary N) is 1. The number of carbonyl (C=O) groups is 2. The van der Waals surface area contributed by atoms with Crippen molar-refractivity contribution in [3.63, 3.8) is 0 Å². The van der Waals surface area contributed by atoms with Crippen LogP contribution in [0.4, 0.5) is 9.59 Å². The van der Waals surface area contributed by atoms with Crippen LogP contribution in [0, 0.1) is 0 Å². The average Bonchev–Trinajstić information content (AvgIpc) is 3.27. The normalized spacial score (nSPS) is 18.4. The first kappa shape index (κ1) is 23.5. The molecule has 182 valence electrons. The van der Waals surface area contributed by atoms with Crippen LogP contribution >= 0.6 is 0 Å². The number of piperidine rings is 1. The van der Waals surface area contributed by atoms with E-state index < -0.39 is 0 Å². The molecule has 1 unspecified atom stereocenters. The Labute approximate surface area is 199 Å². The van der Waals surface area contributed by atoms with Gasteiger partial charge in [0.1, 0.15) is 23.9 Å². The number of ether oxygens (including phenoxy) is 4. The predicted octanol–water partition coefficient (Wildman–Crippen LogP) is 3.28. The Morgan fingerprint density at radius 1 is 0.971 bits per heavy atom. The summed E-state index contributed by atoms with van der Waals surface area (Å²) < 4.78 is 21.6. The summed E-state index contributed by atoms with van der Waals surface area (Å²) in [6.07, 6.45) is 0.806. The molecule has 9 nitrogen and oxygen atoms in total. The summed E-state index contributed by atoms with van der Waals surface area (Å²) in [4.78, 5) is 28.6. The van der Waals surface area contributed by atoms with Crippen molar-refractivity contribution in [3.8, 4) is 17.2 Å². The van der Waals surface area contributed by atoms with Crippen molar-refractivity contribution in [1.29, 1.82) is 0 Å². The maximum atomic E-state index is 12.6. The van der Waals surface area contributed by atoms with Gasteiger partial charge in [-0.3, -0.25) is 0 Å². The van der Waals surface area contributed by atoms with E-state index in [2.05, 4.69) is 5.32 Å². The smallest absolute Gasteiger partial charge is 0.410 e. The van der Waals surface area contributed by atoms with Crippen LogP contribution in [0.15, 0.2) is 48.5 Å². The van der Waals surface area contributed by atoms with Gasteiger partial charge in [0.2, 0.25) is 0 Å². The second kappa shape index (κ2) is 11.0. The fourth-order valence-electron chi connectivity index (χ4n) is 4.20. The summed E-state index contributed by atoms with van der Waals surface area (Å²) in [6, 6.07) is 14.9. The molecule has 34 heavy (non-hydrogen) atoms. The highest BCUT2D eigenvalue weighted by Gasteiger charge is 2.38. The molecule has 3 amide bonds. The third-order valence-corrected chi connectivity index (χ3v) is 6.19. The van der Waals surface area contributed by atoms with E-state index in [0.29, 0.717) is 38.5 Å². The fraction of sp³-hybridized carbons (Fsp3) is 0.440. The molecule has 0 bridgehead atoms. The molecule has 2 fully saturated rings. The number of benzene rings is 2. The summed E-state index contributed by atoms with van der Waals surface area (Å²) >= 11 is 0. The van der Waals surface area contributed by atoms with E-state index in [9.17, 15) is 9.59 Å². The number of cyclic esters (lactones) is 1. The van der Waals surface area contributed by atoms with Crippen LogP contribution < -0.4 is 19.5 Å². The highest BCUT2D eigenvalue weighted by atomic mass is 16.6. The number of likely N-dealkylation sites (tertiary alicyclic amines) is 1. The van der Waals surface area contributed by atoms with Gasteiger partial charge in [0.25, 0.3) is 0 Å². The number of nitrogens with zero attached hydrogens (tertiary/aromatic N) is 2. The fourth-order valence-corrected chi connectivity index (χ4v) is 4.20. The molecule has 9 heteroatoms. The highest BCUT2D eigenvalue weighted by molar-refractivity contribution is 5.74. The third-order valence-electron chi connectivity index (χ3n) is 6.19. The van der Waals surface area contributed by atoms with Gasteiger partial charge in [0, 0.05) is 25.7 Å². The molecule has 0 aromatic heterocycles. The van der Waals surface area contributed by atoms with E-state index in [-0.39, 0.29) is 24.3 Å². The Balaban J connectivity index is 1.19. The van der Waals surface area contributed by atoms with Gasteiger partial charge in [-0.05, 0) is 54.8 Å². The van der Waals surface area contributed by atoms with Gasteiger partial charge in [-0.15, -0.1) is 0 Å². The maximum absolute atomic E-state index is 12.6. The minimum absolute atomic E-state index is 0.0594. The van der Waals surface area contributed by atoms with Gasteiger partial charge in [0.05, 0.1) is 20.8 Å². The molecule has 0 saturated carbocycles. The molecule has 0 radical (unpaired) electrons. The minimum Gasteiger partial charge on any atom is -0.497 e. The van der Waals surface area contributed by atoms with Gasteiger partial charge >= 0.3 is 12.1 Å². The Hall–Kier alpha value is -3.62. The summed E-state index contributed by atoms with van der Waals surface area (Å²) in [5.41, 5.74) is 1.01. The zero-order valence-electron chi connectivity index (χ0n) is 19.6. The van der Waals surface area contributed by atoms with Crippen LogP contribution in [0.5, 0.6) is 17.2 Å².